The Labute approximate surface area is 160 Å². The van der Waals surface area contributed by atoms with Gasteiger partial charge in [-0.1, -0.05) is 20.8 Å². The molecule has 0 aromatic carbocycles. The zero-order valence-corrected chi connectivity index (χ0v) is 17.0. The third-order valence-electron chi connectivity index (χ3n) is 7.12. The van der Waals surface area contributed by atoms with Crippen LogP contribution in [0.3, 0.4) is 0 Å². The third kappa shape index (κ3) is 2.95. The summed E-state index contributed by atoms with van der Waals surface area (Å²) in [6, 6.07) is 0.377. The number of anilines is 1. The smallest absolute Gasteiger partial charge is 0.223 e. The average molecular weight is 378 g/mol. The number of aliphatic hydroxyl groups excluding tert-OH is 1. The van der Waals surface area contributed by atoms with E-state index in [1.807, 2.05) is 14.0 Å². The van der Waals surface area contributed by atoms with Gasteiger partial charge in [0.05, 0.1) is 11.8 Å². The molecule has 1 amide bonds. The highest BCUT2D eigenvalue weighted by Gasteiger charge is 2.54. The van der Waals surface area contributed by atoms with E-state index in [-0.39, 0.29) is 35.0 Å². The molecule has 3 aliphatic carbocycles. The highest BCUT2D eigenvalue weighted by molar-refractivity contribution is 7.15. The molecule has 0 radical (unpaired) electrons. The maximum absolute atomic E-state index is 12.6. The zero-order valence-electron chi connectivity index (χ0n) is 16.2. The summed E-state index contributed by atoms with van der Waals surface area (Å²) in [5.41, 5.74) is 1.24. The number of rotatable bonds is 4. The van der Waals surface area contributed by atoms with Crippen molar-refractivity contribution in [1.82, 2.24) is 10.3 Å². The fourth-order valence-electron chi connectivity index (χ4n) is 5.41. The molecule has 6 atom stereocenters. The Kier molecular flexibility index (Phi) is 4.55. The van der Waals surface area contributed by atoms with Crippen molar-refractivity contribution in [3.05, 3.63) is 10.6 Å². The monoisotopic (exact) mass is 377 g/mol. The summed E-state index contributed by atoms with van der Waals surface area (Å²) >= 11 is 1.75. The fourth-order valence-corrected chi connectivity index (χ4v) is 6.63. The van der Waals surface area contributed by atoms with Crippen molar-refractivity contribution in [1.29, 1.82) is 0 Å². The topological polar surface area (TPSA) is 74.2 Å². The molecule has 4 rings (SSSR count). The standard InChI is InChI=1S/C20H31N3O2S/c1-10(18(25)22-12-5-6-12)13-7-8-20(3)9-14-16(23-19(21-4)26-14)11(2)15(20)17(13)24/h10-13,15,17,24H,5-9H2,1-4H3,(H,21,23)(H,22,25)/t10-,11-,13-,15+,17-,20-/m0/s1. The fraction of sp³-hybridized carbons (Fsp3) is 0.800. The van der Waals surface area contributed by atoms with Crippen molar-refractivity contribution < 1.29 is 9.90 Å². The number of aromatic nitrogens is 1. The van der Waals surface area contributed by atoms with Crippen LogP contribution in [0, 0.1) is 23.2 Å². The van der Waals surface area contributed by atoms with Gasteiger partial charge in [0.2, 0.25) is 5.91 Å². The number of aliphatic hydroxyl groups is 1. The van der Waals surface area contributed by atoms with E-state index in [2.05, 4.69) is 24.5 Å². The SMILES string of the molecule is CNc1nc2c(s1)C[C@]1(C)CC[C@@H]([C@H](C)C(=O)NC3CC3)[C@H](O)[C@H]1[C@@H]2C. The van der Waals surface area contributed by atoms with Gasteiger partial charge in [-0.2, -0.15) is 0 Å². The molecule has 0 spiro atoms. The number of hydrogen-bond donors (Lipinski definition) is 3. The lowest BCUT2D eigenvalue weighted by Gasteiger charge is -2.53. The number of hydrogen-bond acceptors (Lipinski definition) is 5. The van der Waals surface area contributed by atoms with Gasteiger partial charge in [0.15, 0.2) is 5.13 Å². The largest absolute Gasteiger partial charge is 0.392 e. The van der Waals surface area contributed by atoms with Crippen LogP contribution in [0.1, 0.15) is 62.9 Å². The van der Waals surface area contributed by atoms with E-state index in [4.69, 9.17) is 4.98 Å². The predicted molar refractivity (Wildman–Crippen MR) is 104 cm³/mol. The van der Waals surface area contributed by atoms with Crippen LogP contribution >= 0.6 is 11.3 Å². The summed E-state index contributed by atoms with van der Waals surface area (Å²) in [7, 11) is 1.91. The van der Waals surface area contributed by atoms with Gasteiger partial charge in [-0.3, -0.25) is 4.79 Å². The average Bonchev–Trinajstić information content (AvgIpc) is 3.30. The van der Waals surface area contributed by atoms with Gasteiger partial charge in [-0.15, -0.1) is 11.3 Å². The molecule has 1 heterocycles. The van der Waals surface area contributed by atoms with E-state index >= 15 is 0 Å². The lowest BCUT2D eigenvalue weighted by atomic mass is 9.53. The highest BCUT2D eigenvalue weighted by atomic mass is 32.1. The molecule has 0 aliphatic heterocycles. The molecule has 26 heavy (non-hydrogen) atoms. The Bertz CT molecular complexity index is 701. The van der Waals surface area contributed by atoms with Gasteiger partial charge in [-0.25, -0.2) is 4.98 Å². The summed E-state index contributed by atoms with van der Waals surface area (Å²) in [5.74, 6) is 0.413. The Hall–Kier alpha value is -1.14. The van der Waals surface area contributed by atoms with Crippen LogP contribution < -0.4 is 10.6 Å². The Balaban J connectivity index is 1.57. The summed E-state index contributed by atoms with van der Waals surface area (Å²) < 4.78 is 0. The maximum Gasteiger partial charge on any atom is 0.223 e. The Morgan fingerprint density at radius 1 is 1.38 bits per heavy atom. The van der Waals surface area contributed by atoms with Crippen LogP contribution in [0.4, 0.5) is 5.13 Å². The molecule has 6 heteroatoms. The molecule has 144 valence electrons. The van der Waals surface area contributed by atoms with E-state index in [1.165, 1.54) is 4.88 Å². The minimum absolute atomic E-state index is 0.0400. The molecule has 0 bridgehead atoms. The molecule has 2 fully saturated rings. The predicted octanol–water partition coefficient (Wildman–Crippen LogP) is 3.15. The van der Waals surface area contributed by atoms with Crippen LogP contribution in [0.5, 0.6) is 0 Å². The molecule has 0 unspecified atom stereocenters. The second-order valence-corrected chi connectivity index (χ2v) is 10.1. The van der Waals surface area contributed by atoms with Crippen molar-refractivity contribution in [2.45, 2.75) is 70.9 Å². The van der Waals surface area contributed by atoms with Crippen LogP contribution in [-0.2, 0) is 11.2 Å². The molecular weight excluding hydrogens is 346 g/mol. The number of nitrogens with one attached hydrogen (secondary N) is 2. The van der Waals surface area contributed by atoms with E-state index in [0.29, 0.717) is 6.04 Å². The van der Waals surface area contributed by atoms with E-state index in [9.17, 15) is 9.90 Å². The number of carbonyl (C=O) groups excluding carboxylic acids is 1. The lowest BCUT2D eigenvalue weighted by molar-refractivity contribution is -0.134. The normalized spacial score (nSPS) is 37.4. The molecule has 0 saturated heterocycles. The number of nitrogens with zero attached hydrogens (tertiary/aromatic N) is 1. The molecule has 3 aliphatic rings. The first kappa shape index (κ1) is 18.2. The van der Waals surface area contributed by atoms with Gasteiger partial charge in [0.1, 0.15) is 0 Å². The zero-order chi connectivity index (χ0) is 18.6. The van der Waals surface area contributed by atoms with Gasteiger partial charge >= 0.3 is 0 Å². The van der Waals surface area contributed by atoms with Crippen molar-refractivity contribution in [3.8, 4) is 0 Å². The second-order valence-electron chi connectivity index (χ2n) is 8.99. The lowest BCUT2D eigenvalue weighted by Crippen LogP contribution is -2.53. The number of thiazole rings is 1. The van der Waals surface area contributed by atoms with Gasteiger partial charge in [0.25, 0.3) is 0 Å². The molecule has 5 nitrogen and oxygen atoms in total. The van der Waals surface area contributed by atoms with E-state index in [0.717, 1.165) is 42.9 Å². The third-order valence-corrected chi connectivity index (χ3v) is 8.20. The molecule has 2 saturated carbocycles. The number of fused-ring (bicyclic) bond motifs is 2. The Morgan fingerprint density at radius 2 is 2.12 bits per heavy atom. The first-order chi connectivity index (χ1) is 12.3. The molecule has 1 aromatic heterocycles. The van der Waals surface area contributed by atoms with E-state index < -0.39 is 6.10 Å². The Morgan fingerprint density at radius 3 is 2.77 bits per heavy atom. The van der Waals surface area contributed by atoms with Gasteiger partial charge < -0.3 is 15.7 Å². The first-order valence-electron chi connectivity index (χ1n) is 10.00. The minimum atomic E-state index is -0.448. The molecular formula is C20H31N3O2S. The number of carbonyl (C=O) groups is 1. The van der Waals surface area contributed by atoms with Crippen molar-refractivity contribution in [3.63, 3.8) is 0 Å². The van der Waals surface area contributed by atoms with Crippen LogP contribution in [0.2, 0.25) is 0 Å². The summed E-state index contributed by atoms with van der Waals surface area (Å²) in [6.07, 6.45) is 4.73. The molecule has 1 aromatic rings. The summed E-state index contributed by atoms with van der Waals surface area (Å²) in [5, 5.41) is 18.6. The first-order valence-corrected chi connectivity index (χ1v) is 10.8. The van der Waals surface area contributed by atoms with E-state index in [1.54, 1.807) is 11.3 Å². The summed E-state index contributed by atoms with van der Waals surface area (Å²) in [6.45, 7) is 6.53. The van der Waals surface area contributed by atoms with Crippen LogP contribution in [-0.4, -0.2) is 35.2 Å². The van der Waals surface area contributed by atoms with Crippen molar-refractivity contribution >= 4 is 22.4 Å². The van der Waals surface area contributed by atoms with Crippen molar-refractivity contribution in [2.24, 2.45) is 23.2 Å². The van der Waals surface area contributed by atoms with Gasteiger partial charge in [0, 0.05) is 29.8 Å². The van der Waals surface area contributed by atoms with Crippen molar-refractivity contribution in [2.75, 3.05) is 12.4 Å². The summed E-state index contributed by atoms with van der Waals surface area (Å²) in [4.78, 5) is 18.7. The maximum atomic E-state index is 12.6. The van der Waals surface area contributed by atoms with Crippen LogP contribution in [0.15, 0.2) is 0 Å². The van der Waals surface area contributed by atoms with Gasteiger partial charge in [-0.05, 0) is 49.4 Å². The highest BCUT2D eigenvalue weighted by Crippen LogP contribution is 2.57. The quantitative estimate of drug-likeness (QED) is 0.753. The minimum Gasteiger partial charge on any atom is -0.392 e. The molecule has 3 N–H and O–H groups in total. The number of amides is 1. The van der Waals surface area contributed by atoms with Crippen LogP contribution in [0.25, 0.3) is 0 Å². The second kappa shape index (κ2) is 6.48.